The van der Waals surface area contributed by atoms with Gasteiger partial charge >= 0.3 is 5.97 Å². The van der Waals surface area contributed by atoms with Crippen molar-refractivity contribution in [3.8, 4) is 0 Å². The summed E-state index contributed by atoms with van der Waals surface area (Å²) in [5.41, 5.74) is 0.149. The second kappa shape index (κ2) is 6.46. The Kier molecular flexibility index (Phi) is 5.07. The van der Waals surface area contributed by atoms with E-state index in [0.29, 0.717) is 6.54 Å². The van der Waals surface area contributed by atoms with Crippen LogP contribution in [0.1, 0.15) is 32.8 Å². The number of rotatable bonds is 4. The molecule has 21 heavy (non-hydrogen) atoms. The molecule has 2 rings (SSSR count). The highest BCUT2D eigenvalue weighted by molar-refractivity contribution is 9.10. The molecule has 0 aliphatic carbocycles. The third-order valence-corrected chi connectivity index (χ3v) is 3.90. The van der Waals surface area contributed by atoms with Gasteiger partial charge in [-0.25, -0.2) is 4.79 Å². The average Bonchev–Trinajstić information content (AvgIpc) is 2.85. The number of nitrogens with one attached hydrogen (secondary N) is 1. The van der Waals surface area contributed by atoms with Gasteiger partial charge in [0.05, 0.1) is 0 Å². The van der Waals surface area contributed by atoms with Crippen LogP contribution in [0.3, 0.4) is 0 Å². The Balaban J connectivity index is 2.06. The smallest absolute Gasteiger partial charge is 0.332 e. The highest BCUT2D eigenvalue weighted by atomic mass is 79.9. The molecule has 1 saturated heterocycles. The Labute approximate surface area is 134 Å². The third-order valence-electron chi connectivity index (χ3n) is 3.37. The van der Waals surface area contributed by atoms with E-state index < -0.39 is 11.2 Å². The quantitative estimate of drug-likeness (QED) is 0.843. The van der Waals surface area contributed by atoms with E-state index in [-0.39, 0.29) is 12.6 Å². The van der Waals surface area contributed by atoms with Gasteiger partial charge in [0.2, 0.25) is 0 Å². The predicted molar refractivity (Wildman–Crippen MR) is 85.1 cm³/mol. The van der Waals surface area contributed by atoms with Crippen LogP contribution in [0.5, 0.6) is 0 Å². The largest absolute Gasteiger partial charge is 0.458 e. The van der Waals surface area contributed by atoms with Gasteiger partial charge in [0.1, 0.15) is 17.8 Å². The molecule has 116 valence electrons. The first kappa shape index (κ1) is 16.5. The van der Waals surface area contributed by atoms with E-state index in [0.717, 1.165) is 23.0 Å². The van der Waals surface area contributed by atoms with Gasteiger partial charge in [0, 0.05) is 11.0 Å². The van der Waals surface area contributed by atoms with Crippen LogP contribution in [0.25, 0.3) is 0 Å². The summed E-state index contributed by atoms with van der Waals surface area (Å²) in [6.07, 6.45) is 0.845. The van der Waals surface area contributed by atoms with E-state index in [1.165, 1.54) is 0 Å². The maximum atomic E-state index is 11.9. The molecule has 5 heteroatoms. The first-order valence-electron chi connectivity index (χ1n) is 7.13. The molecule has 4 nitrogen and oxygen atoms in total. The molecular weight excluding hydrogens is 334 g/mol. The first-order valence-corrected chi connectivity index (χ1v) is 7.93. The van der Waals surface area contributed by atoms with E-state index in [2.05, 4.69) is 21.2 Å². The summed E-state index contributed by atoms with van der Waals surface area (Å²) in [5.74, 6) is -0.328. The van der Waals surface area contributed by atoms with Gasteiger partial charge in [0.15, 0.2) is 0 Å². The lowest BCUT2D eigenvalue weighted by Crippen LogP contribution is -2.36. The van der Waals surface area contributed by atoms with Gasteiger partial charge in [-0.15, -0.1) is 0 Å². The van der Waals surface area contributed by atoms with Gasteiger partial charge < -0.3 is 14.8 Å². The van der Waals surface area contributed by atoms with Crippen LogP contribution in [0.15, 0.2) is 28.7 Å². The Bertz CT molecular complexity index is 487. The fraction of sp³-hybridized carbons (Fsp3) is 0.562. The number of benzene rings is 1. The molecule has 1 N–H and O–H groups in total. The number of halogens is 1. The molecule has 1 aromatic carbocycles. The van der Waals surface area contributed by atoms with Crippen LogP contribution in [0, 0.1) is 0 Å². The van der Waals surface area contributed by atoms with Crippen LogP contribution in [0.4, 0.5) is 0 Å². The van der Waals surface area contributed by atoms with E-state index in [4.69, 9.17) is 9.47 Å². The van der Waals surface area contributed by atoms with Crippen molar-refractivity contribution in [3.63, 3.8) is 0 Å². The molecular formula is C16H22BrNO3. The summed E-state index contributed by atoms with van der Waals surface area (Å²) in [6, 6.07) is 8.05. The van der Waals surface area contributed by atoms with E-state index >= 15 is 0 Å². The summed E-state index contributed by atoms with van der Waals surface area (Å²) in [6.45, 7) is 7.11. The lowest BCUT2D eigenvalue weighted by Gasteiger charge is -2.29. The van der Waals surface area contributed by atoms with E-state index in [1.807, 2.05) is 45.0 Å². The summed E-state index contributed by atoms with van der Waals surface area (Å²) >= 11 is 3.44. The Hall–Kier alpha value is -0.910. The highest BCUT2D eigenvalue weighted by Crippen LogP contribution is 2.33. The molecule has 1 unspecified atom stereocenters. The van der Waals surface area contributed by atoms with Crippen LogP contribution < -0.4 is 5.32 Å². The van der Waals surface area contributed by atoms with E-state index in [9.17, 15) is 4.79 Å². The standard InChI is InChI=1S/C16H22BrNO3/c1-15(2,3)21-14(19)10-20-16(8-9-18-11-16)12-4-6-13(17)7-5-12/h4-7,18H,8-11H2,1-3H3. The van der Waals surface area contributed by atoms with E-state index in [1.54, 1.807) is 0 Å². The molecule has 0 radical (unpaired) electrons. The zero-order chi connectivity index (χ0) is 15.5. The Morgan fingerprint density at radius 3 is 2.52 bits per heavy atom. The molecule has 1 aromatic rings. The normalized spacial score (nSPS) is 22.3. The summed E-state index contributed by atoms with van der Waals surface area (Å²) in [7, 11) is 0. The fourth-order valence-corrected chi connectivity index (χ4v) is 2.71. The molecule has 0 saturated carbocycles. The minimum Gasteiger partial charge on any atom is -0.458 e. The zero-order valence-corrected chi connectivity index (χ0v) is 14.3. The SMILES string of the molecule is CC(C)(C)OC(=O)COC1(c2ccc(Br)cc2)CCNC1. The Morgan fingerprint density at radius 1 is 1.33 bits per heavy atom. The lowest BCUT2D eigenvalue weighted by atomic mass is 9.93. The third kappa shape index (κ3) is 4.53. The predicted octanol–water partition coefficient (Wildman–Crippen LogP) is 3.00. The van der Waals surface area contributed by atoms with Gasteiger partial charge in [0.25, 0.3) is 0 Å². The van der Waals surface area contributed by atoms with Crippen molar-refractivity contribution in [1.29, 1.82) is 0 Å². The fourth-order valence-electron chi connectivity index (χ4n) is 2.44. The minimum atomic E-state index is -0.487. The number of hydrogen-bond donors (Lipinski definition) is 1. The molecule has 0 amide bonds. The van der Waals surface area contributed by atoms with Crippen molar-refractivity contribution in [3.05, 3.63) is 34.3 Å². The number of carbonyl (C=O) groups is 1. The lowest BCUT2D eigenvalue weighted by molar-refractivity contribution is -0.167. The van der Waals surface area contributed by atoms with Crippen LogP contribution in [-0.4, -0.2) is 31.3 Å². The molecule has 1 aliphatic heterocycles. The van der Waals surface area contributed by atoms with Crippen molar-refractivity contribution in [2.24, 2.45) is 0 Å². The van der Waals surface area contributed by atoms with Crippen molar-refractivity contribution < 1.29 is 14.3 Å². The zero-order valence-electron chi connectivity index (χ0n) is 12.7. The Morgan fingerprint density at radius 2 is 2.00 bits per heavy atom. The average molecular weight is 356 g/mol. The maximum absolute atomic E-state index is 11.9. The topological polar surface area (TPSA) is 47.6 Å². The van der Waals surface area contributed by atoms with Gasteiger partial charge in [-0.1, -0.05) is 28.1 Å². The van der Waals surface area contributed by atoms with Gasteiger partial charge in [-0.3, -0.25) is 0 Å². The van der Waals surface area contributed by atoms with Crippen molar-refractivity contribution in [2.45, 2.75) is 38.4 Å². The highest BCUT2D eigenvalue weighted by Gasteiger charge is 2.37. The van der Waals surface area contributed by atoms with Crippen molar-refractivity contribution >= 4 is 21.9 Å². The molecule has 1 heterocycles. The van der Waals surface area contributed by atoms with Crippen LogP contribution >= 0.6 is 15.9 Å². The summed E-state index contributed by atoms with van der Waals surface area (Å²) in [5, 5.41) is 3.31. The second-order valence-corrected chi connectivity index (χ2v) is 7.22. The van der Waals surface area contributed by atoms with Gasteiger partial charge in [-0.2, -0.15) is 0 Å². The first-order chi connectivity index (χ1) is 9.81. The number of carbonyl (C=O) groups excluding carboxylic acids is 1. The van der Waals surface area contributed by atoms with Gasteiger partial charge in [-0.05, 0) is 51.4 Å². The molecule has 1 fully saturated rings. The summed E-state index contributed by atoms with van der Waals surface area (Å²) < 4.78 is 12.3. The molecule has 0 aromatic heterocycles. The molecule has 1 aliphatic rings. The summed E-state index contributed by atoms with van der Waals surface area (Å²) in [4.78, 5) is 11.9. The van der Waals surface area contributed by atoms with Crippen molar-refractivity contribution in [1.82, 2.24) is 5.32 Å². The maximum Gasteiger partial charge on any atom is 0.332 e. The van der Waals surface area contributed by atoms with Crippen LogP contribution in [0.2, 0.25) is 0 Å². The molecule has 1 atom stereocenters. The number of esters is 1. The molecule has 0 bridgehead atoms. The van der Waals surface area contributed by atoms with Crippen LogP contribution in [-0.2, 0) is 19.9 Å². The number of ether oxygens (including phenoxy) is 2. The number of hydrogen-bond acceptors (Lipinski definition) is 4. The minimum absolute atomic E-state index is 0.0327. The molecule has 0 spiro atoms. The monoisotopic (exact) mass is 355 g/mol. The van der Waals surface area contributed by atoms with Crippen molar-refractivity contribution in [2.75, 3.05) is 19.7 Å². The second-order valence-electron chi connectivity index (χ2n) is 6.30.